The van der Waals surface area contributed by atoms with Crippen LogP contribution in [-0.4, -0.2) is 84.8 Å². The number of furan rings is 1. The van der Waals surface area contributed by atoms with Crippen LogP contribution in [-0.2, 0) is 9.59 Å². The van der Waals surface area contributed by atoms with Gasteiger partial charge in [-0.3, -0.25) is 19.4 Å². The van der Waals surface area contributed by atoms with Crippen molar-refractivity contribution in [3.05, 3.63) is 54.0 Å². The standard InChI is InChI=1S/C25H31N5O4/c1-33-20-8-4-18(5-9-20)21-15-22(23-3-2-14-34-23)30(27-21)25(32)17-29-12-10-28(11-13-29)16-24(31)26-19-6-7-19/h2-5,8-9,14,19,22H,6-7,10-13,15-17H2,1H3,(H,26,31)/t22-/m0/s1. The van der Waals surface area contributed by atoms with Crippen molar-refractivity contribution in [1.82, 2.24) is 20.1 Å². The minimum absolute atomic E-state index is 0.0511. The van der Waals surface area contributed by atoms with Crippen LogP contribution in [0.1, 0.15) is 36.6 Å². The third-order valence-electron chi connectivity index (χ3n) is 6.59. The Morgan fingerprint density at radius 3 is 2.38 bits per heavy atom. The van der Waals surface area contributed by atoms with E-state index in [4.69, 9.17) is 14.3 Å². The van der Waals surface area contributed by atoms with Gasteiger partial charge in [0.2, 0.25) is 5.91 Å². The zero-order valence-corrected chi connectivity index (χ0v) is 19.5. The highest BCUT2D eigenvalue weighted by Crippen LogP contribution is 2.33. The second-order valence-electron chi connectivity index (χ2n) is 9.14. The van der Waals surface area contributed by atoms with Gasteiger partial charge in [0.25, 0.3) is 5.91 Å². The number of ether oxygens (including phenoxy) is 1. The molecule has 1 aromatic carbocycles. The maximum absolute atomic E-state index is 13.3. The lowest BCUT2D eigenvalue weighted by atomic mass is 10.0. The van der Waals surface area contributed by atoms with E-state index in [0.29, 0.717) is 25.6 Å². The Balaban J connectivity index is 1.21. The van der Waals surface area contributed by atoms with Crippen molar-refractivity contribution in [2.24, 2.45) is 5.10 Å². The fourth-order valence-corrected chi connectivity index (χ4v) is 4.47. The fraction of sp³-hybridized carbons (Fsp3) is 0.480. The molecule has 5 rings (SSSR count). The fourth-order valence-electron chi connectivity index (χ4n) is 4.47. The molecule has 3 aliphatic rings. The van der Waals surface area contributed by atoms with Crippen molar-refractivity contribution in [2.75, 3.05) is 46.4 Å². The van der Waals surface area contributed by atoms with E-state index in [1.165, 1.54) is 0 Å². The molecular formula is C25H31N5O4. The average molecular weight is 466 g/mol. The third-order valence-corrected chi connectivity index (χ3v) is 6.59. The highest BCUT2D eigenvalue weighted by molar-refractivity contribution is 6.03. The van der Waals surface area contributed by atoms with E-state index in [-0.39, 0.29) is 17.9 Å². The summed E-state index contributed by atoms with van der Waals surface area (Å²) < 4.78 is 10.9. The van der Waals surface area contributed by atoms with E-state index in [0.717, 1.165) is 61.8 Å². The second-order valence-corrected chi connectivity index (χ2v) is 9.14. The predicted octanol–water partition coefficient (Wildman–Crippen LogP) is 1.86. The normalized spacial score (nSPS) is 21.4. The van der Waals surface area contributed by atoms with Crippen LogP contribution in [0.15, 0.2) is 52.2 Å². The molecule has 34 heavy (non-hydrogen) atoms. The van der Waals surface area contributed by atoms with Gasteiger partial charge in [-0.05, 0) is 54.8 Å². The predicted molar refractivity (Wildman–Crippen MR) is 126 cm³/mol. The minimum atomic E-state index is -0.257. The SMILES string of the molecule is COc1ccc(C2=NN(C(=O)CN3CCN(CC(=O)NC4CC4)CC3)[C@H](c3ccco3)C2)cc1. The highest BCUT2D eigenvalue weighted by Gasteiger charge is 2.36. The Hall–Kier alpha value is -3.17. The van der Waals surface area contributed by atoms with Crippen LogP contribution >= 0.6 is 0 Å². The zero-order valence-electron chi connectivity index (χ0n) is 19.5. The van der Waals surface area contributed by atoms with Crippen LogP contribution in [0.25, 0.3) is 0 Å². The molecular weight excluding hydrogens is 434 g/mol. The van der Waals surface area contributed by atoms with Gasteiger partial charge in [-0.25, -0.2) is 5.01 Å². The number of rotatable bonds is 8. The first-order valence-electron chi connectivity index (χ1n) is 11.9. The Labute approximate surface area is 199 Å². The van der Waals surface area contributed by atoms with Crippen LogP contribution in [0.3, 0.4) is 0 Å². The third kappa shape index (κ3) is 5.31. The molecule has 3 heterocycles. The van der Waals surface area contributed by atoms with Crippen LogP contribution in [0, 0.1) is 0 Å². The lowest BCUT2D eigenvalue weighted by molar-refractivity contribution is -0.135. The van der Waals surface area contributed by atoms with Gasteiger partial charge in [0.1, 0.15) is 17.6 Å². The van der Waals surface area contributed by atoms with Crippen molar-refractivity contribution >= 4 is 17.5 Å². The van der Waals surface area contributed by atoms with E-state index in [9.17, 15) is 9.59 Å². The molecule has 0 bridgehead atoms. The second kappa shape index (κ2) is 9.99. The van der Waals surface area contributed by atoms with Gasteiger partial charge < -0.3 is 14.5 Å². The largest absolute Gasteiger partial charge is 0.497 e. The molecule has 1 atom stereocenters. The van der Waals surface area contributed by atoms with E-state index in [2.05, 4.69) is 15.1 Å². The molecule has 1 aromatic heterocycles. The van der Waals surface area contributed by atoms with Gasteiger partial charge in [-0.2, -0.15) is 5.10 Å². The van der Waals surface area contributed by atoms with Crippen LogP contribution < -0.4 is 10.1 Å². The number of hydrogen-bond donors (Lipinski definition) is 1. The number of benzene rings is 1. The number of nitrogens with zero attached hydrogens (tertiary/aromatic N) is 4. The maximum Gasteiger partial charge on any atom is 0.257 e. The van der Waals surface area contributed by atoms with E-state index < -0.39 is 0 Å². The summed E-state index contributed by atoms with van der Waals surface area (Å²) in [5, 5.41) is 9.33. The van der Waals surface area contributed by atoms with Crippen molar-refractivity contribution in [3.63, 3.8) is 0 Å². The Bertz CT molecular complexity index is 1020. The molecule has 0 spiro atoms. The van der Waals surface area contributed by atoms with Gasteiger partial charge >= 0.3 is 0 Å². The number of hydrogen-bond acceptors (Lipinski definition) is 7. The van der Waals surface area contributed by atoms with Crippen LogP contribution in [0.4, 0.5) is 0 Å². The number of carbonyl (C=O) groups is 2. The zero-order chi connectivity index (χ0) is 23.5. The number of methoxy groups -OCH3 is 1. The molecule has 2 aromatic rings. The molecule has 0 unspecified atom stereocenters. The summed E-state index contributed by atoms with van der Waals surface area (Å²) in [6, 6.07) is 11.6. The van der Waals surface area contributed by atoms with Crippen LogP contribution in [0.2, 0.25) is 0 Å². The quantitative estimate of drug-likeness (QED) is 0.640. The van der Waals surface area contributed by atoms with Gasteiger partial charge in [-0.1, -0.05) is 0 Å². The number of nitrogens with one attached hydrogen (secondary N) is 1. The summed E-state index contributed by atoms with van der Waals surface area (Å²) in [5.74, 6) is 1.56. The molecule has 9 nitrogen and oxygen atoms in total. The molecule has 2 fully saturated rings. The molecule has 1 aliphatic carbocycles. The Kier molecular flexibility index (Phi) is 6.64. The Morgan fingerprint density at radius 1 is 1.06 bits per heavy atom. The maximum atomic E-state index is 13.3. The summed E-state index contributed by atoms with van der Waals surface area (Å²) >= 11 is 0. The summed E-state index contributed by atoms with van der Waals surface area (Å²) in [6.07, 6.45) is 4.41. The summed E-state index contributed by atoms with van der Waals surface area (Å²) in [6.45, 7) is 3.76. The van der Waals surface area contributed by atoms with E-state index >= 15 is 0 Å². The van der Waals surface area contributed by atoms with Crippen molar-refractivity contribution < 1.29 is 18.7 Å². The minimum Gasteiger partial charge on any atom is -0.497 e. The van der Waals surface area contributed by atoms with Gasteiger partial charge in [-0.15, -0.1) is 0 Å². The first-order valence-corrected chi connectivity index (χ1v) is 11.9. The first-order chi connectivity index (χ1) is 16.6. The Morgan fingerprint density at radius 2 is 1.76 bits per heavy atom. The summed E-state index contributed by atoms with van der Waals surface area (Å²) in [4.78, 5) is 29.7. The van der Waals surface area contributed by atoms with E-state index in [1.807, 2.05) is 36.4 Å². The van der Waals surface area contributed by atoms with Gasteiger partial charge in [0, 0.05) is 38.6 Å². The molecule has 1 saturated carbocycles. The van der Waals surface area contributed by atoms with Gasteiger partial charge in [0.05, 0.1) is 32.2 Å². The smallest absolute Gasteiger partial charge is 0.257 e. The van der Waals surface area contributed by atoms with Crippen LogP contribution in [0.5, 0.6) is 5.75 Å². The number of hydrazone groups is 1. The number of piperazine rings is 1. The molecule has 180 valence electrons. The average Bonchev–Trinajstić information content (AvgIpc) is 3.32. The molecule has 1 N–H and O–H groups in total. The van der Waals surface area contributed by atoms with E-state index in [1.54, 1.807) is 18.4 Å². The molecule has 2 amide bonds. The molecule has 2 aliphatic heterocycles. The lowest BCUT2D eigenvalue weighted by Gasteiger charge is -2.34. The number of amides is 2. The molecule has 0 radical (unpaired) electrons. The first kappa shape index (κ1) is 22.6. The van der Waals surface area contributed by atoms with Gasteiger partial charge in [0.15, 0.2) is 0 Å². The van der Waals surface area contributed by atoms with Crippen molar-refractivity contribution in [1.29, 1.82) is 0 Å². The van der Waals surface area contributed by atoms with Crippen molar-refractivity contribution in [2.45, 2.75) is 31.3 Å². The monoisotopic (exact) mass is 465 g/mol. The lowest BCUT2D eigenvalue weighted by Crippen LogP contribution is -2.51. The molecule has 1 saturated heterocycles. The van der Waals surface area contributed by atoms with Crippen molar-refractivity contribution in [3.8, 4) is 5.75 Å². The molecule has 9 heteroatoms. The summed E-state index contributed by atoms with van der Waals surface area (Å²) in [7, 11) is 1.64. The topological polar surface area (TPSA) is 90.6 Å². The highest BCUT2D eigenvalue weighted by atomic mass is 16.5. The number of carbonyl (C=O) groups excluding carboxylic acids is 2. The summed E-state index contributed by atoms with van der Waals surface area (Å²) in [5.41, 5.74) is 1.81.